The van der Waals surface area contributed by atoms with Gasteiger partial charge < -0.3 is 16.0 Å². The third kappa shape index (κ3) is 2.22. The number of nitrogens with two attached hydrogens (primary N) is 1. The number of aromatic nitrogens is 3. The molecule has 1 aromatic carbocycles. The second-order valence-corrected chi connectivity index (χ2v) is 4.48. The van der Waals surface area contributed by atoms with E-state index in [0.717, 1.165) is 28.1 Å². The number of H-pyrrole nitrogens is 1. The van der Waals surface area contributed by atoms with Crippen molar-refractivity contribution in [1.82, 2.24) is 15.0 Å². The molecule has 0 bridgehead atoms. The van der Waals surface area contributed by atoms with Gasteiger partial charge in [0.1, 0.15) is 5.82 Å². The second kappa shape index (κ2) is 4.61. The Morgan fingerprint density at radius 2 is 2.11 bits per heavy atom. The van der Waals surface area contributed by atoms with Crippen molar-refractivity contribution >= 4 is 22.3 Å². The summed E-state index contributed by atoms with van der Waals surface area (Å²) in [6.07, 6.45) is 5.34. The Bertz CT molecular complexity index is 690. The number of nitrogens with one attached hydrogen (secondary N) is 2. The molecule has 2 aromatic heterocycles. The molecule has 3 rings (SSSR count). The van der Waals surface area contributed by atoms with E-state index in [0.29, 0.717) is 0 Å². The van der Waals surface area contributed by atoms with Gasteiger partial charge in [0.15, 0.2) is 0 Å². The van der Waals surface area contributed by atoms with Crippen LogP contribution in [0.3, 0.4) is 0 Å². The minimum atomic E-state index is 0.0955. The van der Waals surface area contributed by atoms with Crippen LogP contribution in [0.5, 0.6) is 0 Å². The second-order valence-electron chi connectivity index (χ2n) is 4.48. The molecule has 96 valence electrons. The molecular weight excluding hydrogens is 238 g/mol. The number of anilines is 2. The van der Waals surface area contributed by atoms with E-state index >= 15 is 0 Å². The van der Waals surface area contributed by atoms with Crippen molar-refractivity contribution in [3.8, 4) is 0 Å². The molecule has 0 radical (unpaired) electrons. The molecule has 19 heavy (non-hydrogen) atoms. The lowest BCUT2D eigenvalue weighted by Crippen LogP contribution is -2.08. The molecule has 0 aliphatic heterocycles. The first-order valence-corrected chi connectivity index (χ1v) is 6.14. The number of nitrogens with zero attached hydrogens (tertiary/aromatic N) is 2. The molecule has 1 atom stereocenters. The fourth-order valence-electron chi connectivity index (χ4n) is 2.11. The zero-order chi connectivity index (χ0) is 13.2. The van der Waals surface area contributed by atoms with Gasteiger partial charge in [-0.15, -0.1) is 0 Å². The van der Waals surface area contributed by atoms with Crippen LogP contribution in [0.2, 0.25) is 0 Å². The highest BCUT2D eigenvalue weighted by Gasteiger charge is 2.09. The van der Waals surface area contributed by atoms with Crippen LogP contribution in [0.1, 0.15) is 18.8 Å². The molecule has 4 N–H and O–H groups in total. The molecule has 0 aliphatic carbocycles. The standard InChI is InChI=1S/C14H15N5/c1-9(14-17-6-7-18-14)19-12-4-5-16-13-8-10(15)2-3-11(12)13/h2-9H,15H2,1H3,(H,16,19)(H,17,18). The van der Waals surface area contributed by atoms with E-state index in [-0.39, 0.29) is 6.04 Å². The van der Waals surface area contributed by atoms with Gasteiger partial charge in [-0.25, -0.2) is 4.98 Å². The van der Waals surface area contributed by atoms with Crippen molar-refractivity contribution in [2.45, 2.75) is 13.0 Å². The number of aromatic amines is 1. The van der Waals surface area contributed by atoms with Crippen molar-refractivity contribution in [2.24, 2.45) is 0 Å². The normalized spacial score (nSPS) is 12.5. The fraction of sp³-hybridized carbons (Fsp3) is 0.143. The summed E-state index contributed by atoms with van der Waals surface area (Å²) in [7, 11) is 0. The summed E-state index contributed by atoms with van der Waals surface area (Å²) < 4.78 is 0. The smallest absolute Gasteiger partial charge is 0.128 e. The SMILES string of the molecule is CC(Nc1ccnc2cc(N)ccc12)c1ncc[nH]1. The summed E-state index contributed by atoms with van der Waals surface area (Å²) in [4.78, 5) is 11.7. The number of nitrogen functional groups attached to an aromatic ring is 1. The minimum absolute atomic E-state index is 0.0955. The van der Waals surface area contributed by atoms with Crippen LogP contribution in [-0.4, -0.2) is 15.0 Å². The molecule has 3 aromatic rings. The maximum Gasteiger partial charge on any atom is 0.128 e. The van der Waals surface area contributed by atoms with Crippen molar-refractivity contribution in [2.75, 3.05) is 11.1 Å². The highest BCUT2D eigenvalue weighted by Crippen LogP contribution is 2.26. The van der Waals surface area contributed by atoms with Crippen LogP contribution in [0, 0.1) is 0 Å². The Labute approximate surface area is 110 Å². The van der Waals surface area contributed by atoms with Crippen LogP contribution >= 0.6 is 0 Å². The molecule has 0 aliphatic rings. The molecule has 0 saturated heterocycles. The van der Waals surface area contributed by atoms with E-state index in [1.54, 1.807) is 12.4 Å². The van der Waals surface area contributed by atoms with Gasteiger partial charge in [-0.2, -0.15) is 0 Å². The van der Waals surface area contributed by atoms with Crippen molar-refractivity contribution in [1.29, 1.82) is 0 Å². The first-order chi connectivity index (χ1) is 9.24. The molecular formula is C14H15N5. The van der Waals surface area contributed by atoms with Gasteiger partial charge in [-0.05, 0) is 31.2 Å². The lowest BCUT2D eigenvalue weighted by atomic mass is 10.1. The number of rotatable bonds is 3. The predicted molar refractivity (Wildman–Crippen MR) is 76.8 cm³/mol. The van der Waals surface area contributed by atoms with Crippen molar-refractivity contribution in [3.05, 3.63) is 48.7 Å². The van der Waals surface area contributed by atoms with E-state index in [1.807, 2.05) is 30.5 Å². The Kier molecular flexibility index (Phi) is 2.79. The van der Waals surface area contributed by atoms with Crippen LogP contribution < -0.4 is 11.1 Å². The van der Waals surface area contributed by atoms with Crippen LogP contribution in [0.4, 0.5) is 11.4 Å². The van der Waals surface area contributed by atoms with E-state index in [9.17, 15) is 0 Å². The third-order valence-electron chi connectivity index (χ3n) is 3.07. The quantitative estimate of drug-likeness (QED) is 0.627. The number of imidazole rings is 1. The minimum Gasteiger partial charge on any atom is -0.399 e. The molecule has 0 amide bonds. The number of benzene rings is 1. The number of hydrogen-bond donors (Lipinski definition) is 3. The van der Waals surface area contributed by atoms with Gasteiger partial charge in [-0.3, -0.25) is 4.98 Å². The number of pyridine rings is 1. The predicted octanol–water partition coefficient (Wildman–Crippen LogP) is 2.71. The topological polar surface area (TPSA) is 79.6 Å². The highest BCUT2D eigenvalue weighted by molar-refractivity contribution is 5.92. The molecule has 5 heteroatoms. The van der Waals surface area contributed by atoms with Gasteiger partial charge in [-0.1, -0.05) is 0 Å². The number of fused-ring (bicyclic) bond motifs is 1. The maximum absolute atomic E-state index is 5.78. The third-order valence-corrected chi connectivity index (χ3v) is 3.07. The van der Waals surface area contributed by atoms with E-state index < -0.39 is 0 Å². The fourth-order valence-corrected chi connectivity index (χ4v) is 2.11. The molecule has 0 spiro atoms. The van der Waals surface area contributed by atoms with E-state index in [2.05, 4.69) is 27.2 Å². The van der Waals surface area contributed by atoms with Gasteiger partial charge in [0, 0.05) is 35.4 Å². The summed E-state index contributed by atoms with van der Waals surface area (Å²) in [6.45, 7) is 2.06. The summed E-state index contributed by atoms with van der Waals surface area (Å²) in [5.41, 5.74) is 8.40. The van der Waals surface area contributed by atoms with Crippen molar-refractivity contribution < 1.29 is 0 Å². The number of hydrogen-bond acceptors (Lipinski definition) is 4. The Hall–Kier alpha value is -2.56. The van der Waals surface area contributed by atoms with Gasteiger partial charge >= 0.3 is 0 Å². The van der Waals surface area contributed by atoms with Gasteiger partial charge in [0.25, 0.3) is 0 Å². The average molecular weight is 253 g/mol. The van der Waals surface area contributed by atoms with Gasteiger partial charge in [0.05, 0.1) is 11.6 Å². The Morgan fingerprint density at radius 1 is 1.21 bits per heavy atom. The molecule has 0 fully saturated rings. The van der Waals surface area contributed by atoms with Gasteiger partial charge in [0.2, 0.25) is 0 Å². The Balaban J connectivity index is 1.97. The molecule has 1 unspecified atom stereocenters. The first kappa shape index (κ1) is 11.5. The van der Waals surface area contributed by atoms with Crippen LogP contribution in [0.25, 0.3) is 10.9 Å². The maximum atomic E-state index is 5.78. The van der Waals surface area contributed by atoms with E-state index in [4.69, 9.17) is 5.73 Å². The lowest BCUT2D eigenvalue weighted by molar-refractivity contribution is 0.811. The average Bonchev–Trinajstić information content (AvgIpc) is 2.92. The summed E-state index contributed by atoms with van der Waals surface area (Å²) in [5, 5.41) is 4.48. The van der Waals surface area contributed by atoms with Crippen LogP contribution in [-0.2, 0) is 0 Å². The molecule has 5 nitrogen and oxygen atoms in total. The van der Waals surface area contributed by atoms with E-state index in [1.165, 1.54) is 0 Å². The molecule has 2 heterocycles. The summed E-state index contributed by atoms with van der Waals surface area (Å²) >= 11 is 0. The monoisotopic (exact) mass is 253 g/mol. The lowest BCUT2D eigenvalue weighted by Gasteiger charge is -2.14. The zero-order valence-electron chi connectivity index (χ0n) is 10.6. The van der Waals surface area contributed by atoms with Crippen molar-refractivity contribution in [3.63, 3.8) is 0 Å². The zero-order valence-corrected chi connectivity index (χ0v) is 10.6. The van der Waals surface area contributed by atoms with Crippen LogP contribution in [0.15, 0.2) is 42.9 Å². The molecule has 0 saturated carbocycles. The Morgan fingerprint density at radius 3 is 2.89 bits per heavy atom. The highest BCUT2D eigenvalue weighted by atomic mass is 15.0. The largest absolute Gasteiger partial charge is 0.399 e. The first-order valence-electron chi connectivity index (χ1n) is 6.14. The summed E-state index contributed by atoms with van der Waals surface area (Å²) in [5.74, 6) is 0.903. The summed E-state index contributed by atoms with van der Waals surface area (Å²) in [6, 6.07) is 7.79.